The average molecular weight is 319 g/mol. The van der Waals surface area contributed by atoms with E-state index in [-0.39, 0.29) is 12.0 Å². The number of hydrogen-bond acceptors (Lipinski definition) is 2. The first-order valence-electron chi connectivity index (χ1n) is 8.42. The molecule has 3 nitrogen and oxygen atoms in total. The molecule has 1 aliphatic heterocycles. The van der Waals surface area contributed by atoms with Gasteiger partial charge in [-0.15, -0.1) is 0 Å². The lowest BCUT2D eigenvalue weighted by Crippen LogP contribution is -2.29. The normalized spacial score (nSPS) is 24.2. The Labute approximate surface area is 142 Å². The van der Waals surface area contributed by atoms with E-state index in [1.54, 1.807) is 6.07 Å². The van der Waals surface area contributed by atoms with Crippen molar-refractivity contribution >= 4 is 11.7 Å². The van der Waals surface area contributed by atoms with E-state index in [0.29, 0.717) is 11.5 Å². The molecule has 0 amide bonds. The smallest absolute Gasteiger partial charge is 0.335 e. The fourth-order valence-electron chi connectivity index (χ4n) is 4.13. The van der Waals surface area contributed by atoms with Crippen LogP contribution in [0.2, 0.25) is 0 Å². The zero-order chi connectivity index (χ0) is 16.8. The molecule has 122 valence electrons. The number of fused-ring (bicyclic) bond motifs is 3. The van der Waals surface area contributed by atoms with Crippen molar-refractivity contribution in [3.05, 3.63) is 76.4 Å². The Morgan fingerprint density at radius 2 is 1.96 bits per heavy atom. The first-order valence-corrected chi connectivity index (χ1v) is 8.42. The van der Waals surface area contributed by atoms with Crippen molar-refractivity contribution < 1.29 is 9.90 Å². The number of benzene rings is 2. The molecule has 2 N–H and O–H groups in total. The number of carboxylic acid groups (broad SMARTS) is 1. The highest BCUT2D eigenvalue weighted by molar-refractivity contribution is 5.89. The van der Waals surface area contributed by atoms with Crippen LogP contribution in [0.3, 0.4) is 0 Å². The monoisotopic (exact) mass is 319 g/mol. The third-order valence-electron chi connectivity index (χ3n) is 5.38. The molecule has 24 heavy (non-hydrogen) atoms. The largest absolute Gasteiger partial charge is 0.478 e. The van der Waals surface area contributed by atoms with E-state index in [2.05, 4.69) is 49.5 Å². The van der Waals surface area contributed by atoms with Crippen LogP contribution >= 0.6 is 0 Å². The van der Waals surface area contributed by atoms with Gasteiger partial charge in [0.1, 0.15) is 0 Å². The summed E-state index contributed by atoms with van der Waals surface area (Å²) in [5, 5.41) is 13.0. The van der Waals surface area contributed by atoms with E-state index in [1.807, 2.05) is 12.1 Å². The summed E-state index contributed by atoms with van der Waals surface area (Å²) in [5.41, 5.74) is 6.44. The molecule has 0 spiro atoms. The summed E-state index contributed by atoms with van der Waals surface area (Å²) < 4.78 is 0. The number of carboxylic acids is 1. The molecule has 2 aliphatic rings. The fourth-order valence-corrected chi connectivity index (χ4v) is 4.13. The molecule has 1 heterocycles. The van der Waals surface area contributed by atoms with Crippen molar-refractivity contribution in [1.82, 2.24) is 0 Å². The van der Waals surface area contributed by atoms with Crippen LogP contribution in [0.5, 0.6) is 0 Å². The topological polar surface area (TPSA) is 49.3 Å². The molecular weight excluding hydrogens is 298 g/mol. The number of anilines is 1. The lowest BCUT2D eigenvalue weighted by Gasteiger charge is -2.38. The maximum Gasteiger partial charge on any atom is 0.335 e. The highest BCUT2D eigenvalue weighted by Gasteiger charge is 2.38. The molecule has 0 radical (unpaired) electrons. The lowest BCUT2D eigenvalue weighted by molar-refractivity contribution is 0.0696. The molecule has 0 unspecified atom stereocenters. The maximum absolute atomic E-state index is 11.3. The molecule has 3 atom stereocenters. The van der Waals surface area contributed by atoms with E-state index in [0.717, 1.165) is 17.7 Å². The predicted octanol–water partition coefficient (Wildman–Crippen LogP) is 4.83. The van der Waals surface area contributed by atoms with E-state index in [4.69, 9.17) is 0 Å². The van der Waals surface area contributed by atoms with Crippen LogP contribution < -0.4 is 5.32 Å². The van der Waals surface area contributed by atoms with Crippen molar-refractivity contribution in [3.8, 4) is 0 Å². The van der Waals surface area contributed by atoms with E-state index in [9.17, 15) is 9.90 Å². The first kappa shape index (κ1) is 15.0. The molecule has 2 aromatic rings. The van der Waals surface area contributed by atoms with Gasteiger partial charge in [-0.3, -0.25) is 0 Å². The van der Waals surface area contributed by atoms with Gasteiger partial charge >= 0.3 is 5.97 Å². The lowest BCUT2D eigenvalue weighted by atomic mass is 9.75. The standard InChI is InChI=1S/C21H21NO2/c1-12-6-7-13(2)17(10-12)20-16-5-3-4-15(16)18-11-14(21(23)24)8-9-19(18)22-20/h3-4,6-11,15-16,20,22H,5H2,1-2H3,(H,23,24)/t15-,16+,20-/m1/s1. The minimum Gasteiger partial charge on any atom is -0.478 e. The van der Waals surface area contributed by atoms with Crippen LogP contribution in [0.1, 0.15) is 51.0 Å². The summed E-state index contributed by atoms with van der Waals surface area (Å²) in [5.74, 6) is -0.152. The zero-order valence-electron chi connectivity index (χ0n) is 13.9. The Bertz CT molecular complexity index is 853. The van der Waals surface area contributed by atoms with Crippen LogP contribution in [-0.4, -0.2) is 11.1 Å². The van der Waals surface area contributed by atoms with Gasteiger partial charge in [-0.25, -0.2) is 4.79 Å². The molecule has 2 aromatic carbocycles. The maximum atomic E-state index is 11.3. The Balaban J connectivity index is 1.81. The minimum atomic E-state index is -0.868. The van der Waals surface area contributed by atoms with Gasteiger partial charge in [0.05, 0.1) is 11.6 Å². The van der Waals surface area contributed by atoms with Crippen LogP contribution in [0.15, 0.2) is 48.6 Å². The van der Waals surface area contributed by atoms with Crippen LogP contribution in [0.4, 0.5) is 5.69 Å². The van der Waals surface area contributed by atoms with Crippen LogP contribution in [0.25, 0.3) is 0 Å². The summed E-state index contributed by atoms with van der Waals surface area (Å²) in [4.78, 5) is 11.3. The van der Waals surface area contributed by atoms with Crippen LogP contribution in [-0.2, 0) is 0 Å². The van der Waals surface area contributed by atoms with Crippen molar-refractivity contribution in [1.29, 1.82) is 0 Å². The van der Waals surface area contributed by atoms with Gasteiger partial charge in [0.15, 0.2) is 0 Å². The van der Waals surface area contributed by atoms with Crippen molar-refractivity contribution in [2.24, 2.45) is 5.92 Å². The Kier molecular flexibility index (Phi) is 3.45. The second-order valence-electron chi connectivity index (χ2n) is 6.94. The van der Waals surface area contributed by atoms with Crippen LogP contribution in [0, 0.1) is 19.8 Å². The molecule has 0 saturated heterocycles. The van der Waals surface area contributed by atoms with Gasteiger partial charge < -0.3 is 10.4 Å². The molecule has 0 saturated carbocycles. The van der Waals surface area contributed by atoms with Gasteiger partial charge in [-0.2, -0.15) is 0 Å². The van der Waals surface area contributed by atoms with Crippen molar-refractivity contribution in [2.45, 2.75) is 32.2 Å². The number of aromatic carboxylic acids is 1. The number of carbonyl (C=O) groups is 1. The number of nitrogens with one attached hydrogen (secondary N) is 1. The average Bonchev–Trinajstić information content (AvgIpc) is 3.06. The second kappa shape index (κ2) is 5.52. The molecule has 0 fully saturated rings. The Morgan fingerprint density at radius 1 is 1.12 bits per heavy atom. The third-order valence-corrected chi connectivity index (χ3v) is 5.38. The zero-order valence-corrected chi connectivity index (χ0v) is 13.9. The molecule has 0 bridgehead atoms. The van der Waals surface area contributed by atoms with E-state index in [1.165, 1.54) is 16.7 Å². The fraction of sp³-hybridized carbons (Fsp3) is 0.286. The third kappa shape index (κ3) is 2.32. The van der Waals surface area contributed by atoms with E-state index < -0.39 is 5.97 Å². The minimum absolute atomic E-state index is 0.257. The molecular formula is C21H21NO2. The van der Waals surface area contributed by atoms with Gasteiger partial charge in [-0.1, -0.05) is 35.9 Å². The van der Waals surface area contributed by atoms with Crippen molar-refractivity contribution in [2.75, 3.05) is 5.32 Å². The molecule has 0 aromatic heterocycles. The van der Waals surface area contributed by atoms with Gasteiger partial charge in [0.25, 0.3) is 0 Å². The quantitative estimate of drug-likeness (QED) is 0.780. The van der Waals surface area contributed by atoms with Gasteiger partial charge in [-0.05, 0) is 61.1 Å². The summed E-state index contributed by atoms with van der Waals surface area (Å²) in [6, 6.07) is 12.3. The number of allylic oxidation sites excluding steroid dienone is 2. The Hall–Kier alpha value is -2.55. The molecule has 1 aliphatic carbocycles. The SMILES string of the molecule is Cc1ccc(C)c([C@@H]2Nc3ccc(C(=O)O)cc3[C@@H]3C=CC[C@@H]32)c1. The number of hydrogen-bond donors (Lipinski definition) is 2. The summed E-state index contributed by atoms with van der Waals surface area (Å²) in [6.45, 7) is 4.29. The summed E-state index contributed by atoms with van der Waals surface area (Å²) in [7, 11) is 0. The summed E-state index contributed by atoms with van der Waals surface area (Å²) >= 11 is 0. The predicted molar refractivity (Wildman–Crippen MR) is 95.7 cm³/mol. The van der Waals surface area contributed by atoms with Gasteiger partial charge in [0.2, 0.25) is 0 Å². The highest BCUT2D eigenvalue weighted by atomic mass is 16.4. The summed E-state index contributed by atoms with van der Waals surface area (Å²) in [6.07, 6.45) is 5.50. The molecule has 4 rings (SSSR count). The van der Waals surface area contributed by atoms with Crippen molar-refractivity contribution in [3.63, 3.8) is 0 Å². The van der Waals surface area contributed by atoms with E-state index >= 15 is 0 Å². The highest BCUT2D eigenvalue weighted by Crippen LogP contribution is 2.50. The molecule has 3 heteroatoms. The van der Waals surface area contributed by atoms with Gasteiger partial charge in [0, 0.05) is 11.6 Å². The second-order valence-corrected chi connectivity index (χ2v) is 6.94. The first-order chi connectivity index (χ1) is 11.5. The number of aryl methyl sites for hydroxylation is 2. The number of rotatable bonds is 2. The Morgan fingerprint density at radius 3 is 2.75 bits per heavy atom.